The van der Waals surface area contributed by atoms with Crippen LogP contribution >= 0.6 is 7.82 Å². The zero-order chi connectivity index (χ0) is 24.0. The molecule has 1 atom stereocenters. The van der Waals surface area contributed by atoms with Crippen molar-refractivity contribution in [3.05, 3.63) is 0 Å². The van der Waals surface area contributed by atoms with Crippen LogP contribution in [0.5, 0.6) is 0 Å². The molecule has 0 fully saturated rings. The number of carboxylic acids is 1. The second-order valence-corrected chi connectivity index (χ2v) is 9.13. The molecule has 0 radical (unpaired) electrons. The molecule has 0 saturated carbocycles. The van der Waals surface area contributed by atoms with E-state index in [1.54, 1.807) is 0 Å². The van der Waals surface area contributed by atoms with E-state index in [-0.39, 0.29) is 25.8 Å². The van der Waals surface area contributed by atoms with Crippen LogP contribution in [0.2, 0.25) is 0 Å². The number of carbonyl (C=O) groups excluding carboxylic acids is 1. The van der Waals surface area contributed by atoms with E-state index >= 15 is 0 Å². The predicted molar refractivity (Wildman–Crippen MR) is 120 cm³/mol. The average molecular weight is 471 g/mol. The van der Waals surface area contributed by atoms with Crippen molar-refractivity contribution >= 4 is 19.8 Å². The number of nitrogens with one attached hydrogen (secondary N) is 1. The molecule has 186 valence electrons. The molecule has 0 bridgehead atoms. The highest BCUT2D eigenvalue weighted by atomic mass is 31.2. The largest absolute Gasteiger partial charge is 0.481 e. The van der Waals surface area contributed by atoms with Crippen molar-refractivity contribution in [2.24, 2.45) is 0 Å². The fraction of sp³-hybridized carbons (Fsp3) is 0.905. The molecular formula is C21H45NO8P+. The second kappa shape index (κ2) is 22.2. The number of hydrogen-bond donors (Lipinski definition) is 3. The summed E-state index contributed by atoms with van der Waals surface area (Å²) in [5.41, 5.74) is 0. The smallest absolute Gasteiger partial charge is 0.472 e. The molecule has 0 aliphatic rings. The zero-order valence-corrected chi connectivity index (χ0v) is 20.8. The van der Waals surface area contributed by atoms with Gasteiger partial charge >= 0.3 is 19.8 Å². The van der Waals surface area contributed by atoms with E-state index in [4.69, 9.17) is 18.9 Å². The minimum absolute atomic E-state index is 0.0196. The molecule has 0 rings (SSSR count). The molecule has 0 aromatic carbocycles. The minimum atomic E-state index is -3.99. The molecule has 0 aromatic rings. The molecule has 31 heavy (non-hydrogen) atoms. The minimum Gasteiger partial charge on any atom is -0.481 e. The summed E-state index contributed by atoms with van der Waals surface area (Å²) in [6, 6.07) is 0. The van der Waals surface area contributed by atoms with Crippen molar-refractivity contribution < 1.29 is 42.8 Å². The number of esters is 1. The highest BCUT2D eigenvalue weighted by Gasteiger charge is 2.20. The van der Waals surface area contributed by atoms with Crippen LogP contribution < -0.4 is 4.90 Å². The van der Waals surface area contributed by atoms with Gasteiger partial charge in [-0.1, -0.05) is 52.4 Å². The first-order chi connectivity index (χ1) is 14.6. The number of unbranched alkanes of at least 4 members (excludes halogenated alkanes) is 6. The number of likely N-dealkylation sites (N-methyl/N-ethyl adjacent to an activating group) is 1. The number of aliphatic carboxylic acids is 1. The van der Waals surface area contributed by atoms with E-state index in [0.717, 1.165) is 49.8 Å². The summed E-state index contributed by atoms with van der Waals surface area (Å²) in [5.74, 6) is -0.903. The van der Waals surface area contributed by atoms with Crippen LogP contribution in [0.25, 0.3) is 0 Å². The second-order valence-electron chi connectivity index (χ2n) is 7.68. The van der Waals surface area contributed by atoms with Gasteiger partial charge in [-0.15, -0.1) is 0 Å². The number of phosphoric acid groups is 1. The summed E-state index contributed by atoms with van der Waals surface area (Å²) in [6.07, 6.45) is 9.49. The van der Waals surface area contributed by atoms with Gasteiger partial charge in [0.25, 0.3) is 0 Å². The van der Waals surface area contributed by atoms with E-state index in [9.17, 15) is 19.0 Å². The topological polar surface area (TPSA) is 124 Å². The Kier molecular flexibility index (Phi) is 23.1. The number of rotatable bonds is 19. The Bertz CT molecular complexity index is 488. The average Bonchev–Trinajstić information content (AvgIpc) is 2.68. The Morgan fingerprint density at radius 1 is 0.806 bits per heavy atom. The van der Waals surface area contributed by atoms with Gasteiger partial charge in [-0.3, -0.25) is 18.6 Å². The monoisotopic (exact) mass is 470 g/mol. The summed E-state index contributed by atoms with van der Waals surface area (Å²) >= 11 is 0. The Morgan fingerprint density at radius 2 is 1.35 bits per heavy atom. The van der Waals surface area contributed by atoms with Gasteiger partial charge in [-0.05, 0) is 12.8 Å². The molecule has 0 aliphatic carbocycles. The van der Waals surface area contributed by atoms with Gasteiger partial charge in [0.05, 0.1) is 27.3 Å². The summed E-state index contributed by atoms with van der Waals surface area (Å²) in [4.78, 5) is 31.9. The van der Waals surface area contributed by atoms with Gasteiger partial charge in [-0.25, -0.2) is 4.57 Å². The highest BCUT2D eigenvalue weighted by molar-refractivity contribution is 7.47. The summed E-state index contributed by atoms with van der Waals surface area (Å²) in [5, 5.41) is 8.21. The predicted octanol–water partition coefficient (Wildman–Crippen LogP) is 3.21. The van der Waals surface area contributed by atoms with Crippen molar-refractivity contribution in [2.75, 3.05) is 40.5 Å². The molecule has 9 nitrogen and oxygen atoms in total. The maximum atomic E-state index is 11.5. The van der Waals surface area contributed by atoms with Gasteiger partial charge in [-0.2, -0.15) is 0 Å². The molecule has 0 aliphatic heterocycles. The summed E-state index contributed by atoms with van der Waals surface area (Å²) in [6.45, 7) is 5.21. The third-order valence-corrected chi connectivity index (χ3v) is 5.16. The first-order valence-corrected chi connectivity index (χ1v) is 12.9. The molecule has 1 unspecified atom stereocenters. The maximum absolute atomic E-state index is 11.5. The van der Waals surface area contributed by atoms with Gasteiger partial charge in [0.15, 0.2) is 0 Å². The van der Waals surface area contributed by atoms with Crippen molar-refractivity contribution in [3.8, 4) is 0 Å². The molecule has 0 heterocycles. The molecule has 0 amide bonds. The van der Waals surface area contributed by atoms with E-state index in [2.05, 4.69) is 13.8 Å². The first kappa shape index (κ1) is 32.2. The lowest BCUT2D eigenvalue weighted by Gasteiger charge is -2.13. The van der Waals surface area contributed by atoms with Crippen molar-refractivity contribution in [1.82, 2.24) is 0 Å². The standard InChI is InChI=1S/C14H30NO6P.C7H14O2/c1-4-5-6-7-9-14(16)19-11-8-12-20-22(17,18)21-13-10-15(2)3;1-2-3-4-5-6-7(8)9/h4-13H2,1-3H3,(H,17,18);2-6H2,1H3,(H,8,9)/p+1. The van der Waals surface area contributed by atoms with E-state index in [0.29, 0.717) is 25.8 Å². The van der Waals surface area contributed by atoms with E-state index < -0.39 is 13.8 Å². The van der Waals surface area contributed by atoms with Gasteiger partial charge in [0.1, 0.15) is 13.2 Å². The normalized spacial score (nSPS) is 12.7. The van der Waals surface area contributed by atoms with Gasteiger partial charge in [0.2, 0.25) is 0 Å². The number of carbonyl (C=O) groups is 2. The third-order valence-electron chi connectivity index (χ3n) is 4.14. The number of hydrogen-bond acceptors (Lipinski definition) is 6. The summed E-state index contributed by atoms with van der Waals surface area (Å²) in [7, 11) is -0.152. The first-order valence-electron chi connectivity index (χ1n) is 11.4. The Labute approximate surface area is 188 Å². The van der Waals surface area contributed by atoms with Gasteiger partial charge in [0, 0.05) is 19.3 Å². The fourth-order valence-electron chi connectivity index (χ4n) is 2.30. The van der Waals surface area contributed by atoms with Crippen molar-refractivity contribution in [2.45, 2.75) is 84.5 Å². The molecular weight excluding hydrogens is 425 g/mol. The Hall–Kier alpha value is -0.990. The lowest BCUT2D eigenvalue weighted by molar-refractivity contribution is -0.858. The lowest BCUT2D eigenvalue weighted by atomic mass is 10.2. The van der Waals surface area contributed by atoms with E-state index in [1.807, 2.05) is 14.1 Å². The molecule has 10 heteroatoms. The number of ether oxygens (including phenoxy) is 1. The third kappa shape index (κ3) is 29.0. The number of carboxylic acid groups (broad SMARTS) is 1. The van der Waals surface area contributed by atoms with Gasteiger partial charge < -0.3 is 19.6 Å². The number of phosphoric ester groups is 1. The van der Waals surface area contributed by atoms with Crippen LogP contribution in [-0.2, 0) is 27.9 Å². The SMILES string of the molecule is CCCCCCC(=O)O.CCCCCCC(=O)OCCCOP(=O)(O)OCC[NH+](C)C. The van der Waals surface area contributed by atoms with Crippen LogP contribution in [0, 0.1) is 0 Å². The molecule has 3 N–H and O–H groups in total. The lowest BCUT2D eigenvalue weighted by Crippen LogP contribution is -3.06. The maximum Gasteiger partial charge on any atom is 0.472 e. The van der Waals surface area contributed by atoms with Crippen LogP contribution in [0.4, 0.5) is 0 Å². The summed E-state index contributed by atoms with van der Waals surface area (Å²) < 4.78 is 26.1. The van der Waals surface area contributed by atoms with Crippen LogP contribution in [0.1, 0.15) is 84.5 Å². The van der Waals surface area contributed by atoms with E-state index in [1.165, 1.54) is 6.42 Å². The fourth-order valence-corrected chi connectivity index (χ4v) is 3.05. The van der Waals surface area contributed by atoms with Crippen LogP contribution in [0.15, 0.2) is 0 Å². The Balaban J connectivity index is 0. The van der Waals surface area contributed by atoms with Crippen molar-refractivity contribution in [1.29, 1.82) is 0 Å². The van der Waals surface area contributed by atoms with Crippen LogP contribution in [0.3, 0.4) is 0 Å². The quantitative estimate of drug-likeness (QED) is 0.149. The highest BCUT2D eigenvalue weighted by Crippen LogP contribution is 2.42. The van der Waals surface area contributed by atoms with Crippen LogP contribution in [-0.4, -0.2) is 62.4 Å². The Morgan fingerprint density at radius 3 is 1.87 bits per heavy atom. The molecule has 0 aromatic heterocycles. The molecule has 0 spiro atoms. The zero-order valence-electron chi connectivity index (χ0n) is 19.9. The number of quaternary nitrogens is 1. The molecule has 0 saturated heterocycles. The van der Waals surface area contributed by atoms with Crippen molar-refractivity contribution in [3.63, 3.8) is 0 Å².